The SMILES string of the molecule is [2H]c1c([2H])c([2H])c(-c2c([2H])c(-c3c4c([2H])c([2H])c([2H])c([2H])c4c(-c4c([2H])c([2H])c([2H])c5oc6c([2H])c7c([2H])c([2H])c([2H])c([2H])c7c([2H])c6c45)c4c([2H])c([2H])c([2H])c([2H])c34)c3c([2H])c([2H])c([2H])c([2H])c3c2[2H])c([2H])c1[2H].[2H]c1c([2H])c([2H])c(-c2c3c([2H])c([2H])c([2H])c([2H])c3c(-c3c([2H])c([2H])c([2H])c4oc5c([2H])c6c([2H])c([2H])c([2H])c([2H])c6c([2H])c5c34)c3c([2H])c([2H])c([2H])c([2H])c23)c([2H])c1[2H]. The van der Waals surface area contributed by atoms with E-state index < -0.39 is 477 Å². The summed E-state index contributed by atoms with van der Waals surface area (Å²) >= 11 is 0. The summed E-state index contributed by atoms with van der Waals surface area (Å²) in [5.74, 6) is 0. The van der Waals surface area contributed by atoms with Crippen molar-refractivity contribution in [2.75, 3.05) is 0 Å². The van der Waals surface area contributed by atoms with Crippen LogP contribution in [0.3, 0.4) is 0 Å². The van der Waals surface area contributed by atoms with Gasteiger partial charge >= 0.3 is 0 Å². The maximum atomic E-state index is 9.99. The summed E-state index contributed by atoms with van der Waals surface area (Å²) in [6, 6.07) is -44.9. The molecule has 18 rings (SSSR count). The van der Waals surface area contributed by atoms with Gasteiger partial charge in [-0.1, -0.05) is 254 Å². The smallest absolute Gasteiger partial charge is 0.136 e. The molecule has 0 saturated heterocycles. The third-order valence-electron chi connectivity index (χ3n) is 13.8. The molecule has 0 saturated carbocycles. The fourth-order valence-corrected chi connectivity index (χ4v) is 10.5. The Morgan fingerprint density at radius 2 is 0.524 bits per heavy atom. The van der Waals surface area contributed by atoms with Crippen molar-refractivity contribution in [3.63, 3.8) is 0 Å². The van der Waals surface area contributed by atoms with Crippen LogP contribution in [0.5, 0.6) is 0 Å². The summed E-state index contributed by atoms with van der Waals surface area (Å²) in [5.41, 5.74) is -9.64. The zero-order valence-corrected chi connectivity index (χ0v) is 41.8. The van der Waals surface area contributed by atoms with Crippen LogP contribution in [0.4, 0.5) is 0 Å². The Labute approximate surface area is 554 Å². The Morgan fingerprint density at radius 3 is 0.952 bits per heavy atom. The van der Waals surface area contributed by atoms with Gasteiger partial charge in [-0.3, -0.25) is 0 Å². The molecule has 2 aromatic heterocycles. The molecule has 0 atom stereocenters. The minimum absolute atomic E-state index is 0.431. The first kappa shape index (κ1) is 19.6. The normalized spacial score (nSPS) is 20.1. The molecule has 0 aliphatic carbocycles. The minimum Gasteiger partial charge on any atom is -0.456 e. The highest BCUT2D eigenvalue weighted by molar-refractivity contribution is 6.29. The van der Waals surface area contributed by atoms with E-state index in [1.54, 1.807) is 0 Å². The molecule has 0 spiro atoms. The molecule has 0 aliphatic rings. The van der Waals surface area contributed by atoms with Crippen molar-refractivity contribution in [3.05, 3.63) is 302 Å². The van der Waals surface area contributed by atoms with E-state index in [0.29, 0.717) is 0 Å². The van der Waals surface area contributed by atoms with Crippen LogP contribution in [-0.2, 0) is 0 Å². The molecule has 0 amide bonds. The van der Waals surface area contributed by atoms with Crippen molar-refractivity contribution >= 4 is 119 Å². The second-order valence-corrected chi connectivity index (χ2v) is 18.3. The maximum absolute atomic E-state index is 9.99. The molecule has 84 heavy (non-hydrogen) atoms. The Balaban J connectivity index is 0.000000192. The topological polar surface area (TPSA) is 26.3 Å². The zero-order chi connectivity index (χ0) is 98.8. The third kappa shape index (κ3) is 7.58. The maximum Gasteiger partial charge on any atom is 0.136 e. The second-order valence-electron chi connectivity index (χ2n) is 18.3. The molecule has 390 valence electrons. The van der Waals surface area contributed by atoms with Gasteiger partial charge < -0.3 is 8.83 Å². The van der Waals surface area contributed by atoms with Gasteiger partial charge in [0.2, 0.25) is 0 Å². The minimum atomic E-state index is -1.08. The number of hydrogen-bond donors (Lipinski definition) is 0. The van der Waals surface area contributed by atoms with E-state index in [9.17, 15) is 21.9 Å². The summed E-state index contributed by atoms with van der Waals surface area (Å²) in [5, 5.41) is -11.0. The van der Waals surface area contributed by atoms with Crippen molar-refractivity contribution in [1.82, 2.24) is 0 Å². The van der Waals surface area contributed by atoms with Crippen molar-refractivity contribution in [3.8, 4) is 55.6 Å². The Kier molecular flexibility index (Phi) is 4.49. The van der Waals surface area contributed by atoms with Crippen LogP contribution in [0.2, 0.25) is 0 Å². The van der Waals surface area contributed by atoms with E-state index in [1.165, 1.54) is 0 Å². The molecule has 2 nitrogen and oxygen atoms in total. The van der Waals surface area contributed by atoms with Gasteiger partial charge in [0.15, 0.2) is 0 Å². The van der Waals surface area contributed by atoms with Crippen LogP contribution in [0.25, 0.3) is 175 Å². The number of rotatable bonds is 5. The highest BCUT2D eigenvalue weighted by Gasteiger charge is 2.24. The fraction of sp³-hybridized carbons (Fsp3) is 0. The molecule has 0 N–H and O–H groups in total. The quantitative estimate of drug-likeness (QED) is 0.161. The van der Waals surface area contributed by atoms with Crippen molar-refractivity contribution < 1.29 is 77.4 Å². The summed E-state index contributed by atoms with van der Waals surface area (Å²) in [7, 11) is 0. The molecule has 0 fully saturated rings. The monoisotopic (exact) mass is 1120 g/mol. The first-order valence-corrected chi connectivity index (χ1v) is 24.8. The van der Waals surface area contributed by atoms with Gasteiger partial charge in [-0.15, -0.1) is 0 Å². The second kappa shape index (κ2) is 19.3. The average Bonchev–Trinajstić information content (AvgIpc) is 1.06. The Hall–Kier alpha value is -11.1. The fourth-order valence-electron chi connectivity index (χ4n) is 10.5. The summed E-state index contributed by atoms with van der Waals surface area (Å²) in [4.78, 5) is 0. The number of hydrogen-bond acceptors (Lipinski definition) is 2. The van der Waals surface area contributed by atoms with E-state index in [4.69, 9.17) is 55.4 Å². The van der Waals surface area contributed by atoms with Crippen LogP contribution in [0, 0.1) is 0 Å². The van der Waals surface area contributed by atoms with Gasteiger partial charge in [0.25, 0.3) is 0 Å². The standard InChI is InChI=1S/C46H28O.C36H22O/c1-2-13-29(14-3-1)33-25-32-17-6-7-18-34(32)40(27-33)45-37-21-10-8-19-35(37)44(36-20-9-11-22-38(36)45)39-23-12-24-42-46(39)41-26-30-15-4-5-16-31(30)28-43(41)47-42;1-2-11-23(12-3-1)34-26-15-6-8-17-28(26)35(29-18-9-7-16-27(29)34)30-19-10-20-32-36(30)31-21-24-13-4-5-14-25(24)22-33(31)37-32/h1-28H;1-22H/i1D,2D,3D,4D,5D,6D,7D,8D,9D,10D,11D,12D,13D,14D,15D,16D,17D,18D,19D,20D,21D,22D,23D,24D,25D,26D,27D,28D;1D,2D,3D,4D,5D,6D,7D,8D,9D,10D,11D,12D,13D,14D,15D,16D,17D,18D,19D,20D,21D,22D. The van der Waals surface area contributed by atoms with Crippen LogP contribution < -0.4 is 0 Å². The summed E-state index contributed by atoms with van der Waals surface area (Å²) in [6.07, 6.45) is 0. The van der Waals surface area contributed by atoms with Crippen LogP contribution >= 0.6 is 0 Å². The van der Waals surface area contributed by atoms with Gasteiger partial charge in [0, 0.05) is 21.5 Å². The largest absolute Gasteiger partial charge is 0.456 e. The van der Waals surface area contributed by atoms with Gasteiger partial charge in [-0.05, 0) is 179 Å². The number of benzene rings is 16. The van der Waals surface area contributed by atoms with E-state index in [0.717, 1.165) is 0 Å². The highest BCUT2D eigenvalue weighted by Crippen LogP contribution is 2.50. The van der Waals surface area contributed by atoms with Crippen LogP contribution in [-0.4, -0.2) is 0 Å². The Bertz CT molecular complexity index is 8570. The Morgan fingerprint density at radius 1 is 0.190 bits per heavy atom. The third-order valence-corrected chi connectivity index (χ3v) is 13.8. The molecular formula is C82H50O2. The molecule has 0 radical (unpaired) electrons. The van der Waals surface area contributed by atoms with Gasteiger partial charge in [-0.2, -0.15) is 0 Å². The van der Waals surface area contributed by atoms with Crippen molar-refractivity contribution in [2.45, 2.75) is 0 Å². The predicted molar refractivity (Wildman–Crippen MR) is 357 cm³/mol. The summed E-state index contributed by atoms with van der Waals surface area (Å²) in [6.45, 7) is 0. The van der Waals surface area contributed by atoms with E-state index in [-0.39, 0.29) is 0 Å². The van der Waals surface area contributed by atoms with Crippen molar-refractivity contribution in [2.24, 2.45) is 0 Å². The summed E-state index contributed by atoms with van der Waals surface area (Å²) < 4.78 is 459. The van der Waals surface area contributed by atoms with Gasteiger partial charge in [0.1, 0.15) is 22.3 Å². The average molecular weight is 1120 g/mol. The molecule has 0 unspecified atom stereocenters. The van der Waals surface area contributed by atoms with Crippen LogP contribution in [0.15, 0.2) is 311 Å². The molecule has 2 heterocycles. The first-order valence-electron chi connectivity index (χ1n) is 49.8. The van der Waals surface area contributed by atoms with E-state index in [2.05, 4.69) is 0 Å². The molecular weight excluding hydrogens is 1020 g/mol. The first-order chi connectivity index (χ1) is 62.5. The van der Waals surface area contributed by atoms with E-state index >= 15 is 0 Å². The predicted octanol–water partition coefficient (Wildman–Crippen LogP) is 23.6. The zero-order valence-electron chi connectivity index (χ0n) is 91.8. The highest BCUT2D eigenvalue weighted by atomic mass is 16.3. The number of fused-ring (bicyclic) bond motifs is 13. The van der Waals surface area contributed by atoms with Gasteiger partial charge in [-0.25, -0.2) is 0 Å². The molecule has 18 aromatic rings. The van der Waals surface area contributed by atoms with Crippen molar-refractivity contribution in [1.29, 1.82) is 0 Å². The molecule has 2 heteroatoms. The molecule has 0 bridgehead atoms. The van der Waals surface area contributed by atoms with Gasteiger partial charge in [0.05, 0.1) is 68.5 Å². The lowest BCUT2D eigenvalue weighted by Gasteiger charge is -2.20. The molecule has 16 aromatic carbocycles. The molecule has 0 aliphatic heterocycles. The van der Waals surface area contributed by atoms with E-state index in [1.807, 2.05) is 0 Å². The lowest BCUT2D eigenvalue weighted by molar-refractivity contribution is 0.669. The number of furan rings is 2. The lowest BCUT2D eigenvalue weighted by atomic mass is 9.83. The van der Waals surface area contributed by atoms with Crippen LogP contribution in [0.1, 0.15) is 68.5 Å². The lowest BCUT2D eigenvalue weighted by Crippen LogP contribution is -1.93.